The van der Waals surface area contributed by atoms with Crippen molar-refractivity contribution < 1.29 is 4.74 Å². The average Bonchev–Trinajstić information content (AvgIpc) is 2.28. The smallest absolute Gasteiger partial charge is 0.234 e. The van der Waals surface area contributed by atoms with Gasteiger partial charge in [-0.15, -0.1) is 5.10 Å². The van der Waals surface area contributed by atoms with Crippen LogP contribution in [0.1, 0.15) is 19.5 Å². The summed E-state index contributed by atoms with van der Waals surface area (Å²) in [5.41, 5.74) is 0.983. The van der Waals surface area contributed by atoms with E-state index in [1.54, 1.807) is 0 Å². The van der Waals surface area contributed by atoms with Gasteiger partial charge in [-0.3, -0.25) is 0 Å². The summed E-state index contributed by atoms with van der Waals surface area (Å²) in [4.78, 5) is 0. The van der Waals surface area contributed by atoms with E-state index in [4.69, 9.17) is 4.74 Å². The number of ether oxygens (including phenoxy) is 1. The normalized spacial score (nSPS) is 10.8. The molecule has 0 fully saturated rings. The Morgan fingerprint density at radius 2 is 2.33 bits per heavy atom. The van der Waals surface area contributed by atoms with Crippen LogP contribution in [0.4, 0.5) is 0 Å². The molecule has 1 heterocycles. The standard InChI is InChI=1S/C8H14N2OS/c1-6(2)5-11-8-4-7(3)10(12)9-8/h4,6,12H,5H2,1-3H3. The fourth-order valence-electron chi connectivity index (χ4n) is 0.760. The van der Waals surface area contributed by atoms with E-state index in [-0.39, 0.29) is 0 Å². The van der Waals surface area contributed by atoms with E-state index >= 15 is 0 Å². The average molecular weight is 186 g/mol. The quantitative estimate of drug-likeness (QED) is 0.730. The zero-order chi connectivity index (χ0) is 9.14. The van der Waals surface area contributed by atoms with Crippen LogP contribution >= 0.6 is 12.8 Å². The second kappa shape index (κ2) is 3.85. The van der Waals surface area contributed by atoms with Crippen LogP contribution in [-0.4, -0.2) is 15.8 Å². The highest BCUT2D eigenvalue weighted by Crippen LogP contribution is 2.12. The lowest BCUT2D eigenvalue weighted by Gasteiger charge is -2.03. The lowest BCUT2D eigenvalue weighted by atomic mass is 10.2. The fraction of sp³-hybridized carbons (Fsp3) is 0.625. The third-order valence-electron chi connectivity index (χ3n) is 1.41. The molecule has 4 heteroatoms. The van der Waals surface area contributed by atoms with E-state index in [1.807, 2.05) is 13.0 Å². The van der Waals surface area contributed by atoms with Gasteiger partial charge in [-0.25, -0.2) is 4.09 Å². The van der Waals surface area contributed by atoms with Gasteiger partial charge in [0.05, 0.1) is 12.3 Å². The fourth-order valence-corrected chi connectivity index (χ4v) is 0.906. The number of aromatic nitrogens is 2. The summed E-state index contributed by atoms with van der Waals surface area (Å²) in [5.74, 6) is 1.17. The van der Waals surface area contributed by atoms with Gasteiger partial charge in [0.15, 0.2) is 0 Å². The van der Waals surface area contributed by atoms with Crippen molar-refractivity contribution >= 4 is 12.8 Å². The Bertz CT molecular complexity index is 238. The Balaban J connectivity index is 2.53. The summed E-state index contributed by atoms with van der Waals surface area (Å²) in [5, 5.41) is 4.04. The van der Waals surface area contributed by atoms with Crippen LogP contribution in [0, 0.1) is 12.8 Å². The van der Waals surface area contributed by atoms with Crippen molar-refractivity contribution in [3.05, 3.63) is 11.8 Å². The molecule has 0 amide bonds. The van der Waals surface area contributed by atoms with Crippen molar-refractivity contribution in [1.82, 2.24) is 9.19 Å². The van der Waals surface area contributed by atoms with Crippen molar-refractivity contribution in [2.75, 3.05) is 6.61 Å². The molecule has 0 aliphatic carbocycles. The summed E-state index contributed by atoms with van der Waals surface area (Å²) in [7, 11) is 0. The molecular formula is C8H14N2OS. The first-order valence-corrected chi connectivity index (χ1v) is 4.38. The monoisotopic (exact) mass is 186 g/mol. The molecule has 1 aromatic rings. The molecule has 0 unspecified atom stereocenters. The molecule has 0 radical (unpaired) electrons. The molecule has 1 aromatic heterocycles. The molecule has 0 aliphatic heterocycles. The lowest BCUT2D eigenvalue weighted by Crippen LogP contribution is -2.04. The summed E-state index contributed by atoms with van der Waals surface area (Å²) in [6.07, 6.45) is 0. The van der Waals surface area contributed by atoms with Crippen LogP contribution < -0.4 is 4.74 Å². The maximum absolute atomic E-state index is 5.39. The van der Waals surface area contributed by atoms with Gasteiger partial charge in [0.25, 0.3) is 0 Å². The maximum atomic E-state index is 5.39. The van der Waals surface area contributed by atoms with Crippen molar-refractivity contribution in [3.8, 4) is 5.88 Å². The minimum Gasteiger partial charge on any atom is -0.476 e. The molecule has 0 spiro atoms. The van der Waals surface area contributed by atoms with E-state index in [0.29, 0.717) is 18.4 Å². The molecule has 0 atom stereocenters. The molecule has 0 N–H and O–H groups in total. The molecule has 0 saturated heterocycles. The van der Waals surface area contributed by atoms with E-state index in [2.05, 4.69) is 31.8 Å². The second-order valence-corrected chi connectivity index (χ2v) is 3.60. The van der Waals surface area contributed by atoms with Gasteiger partial charge in [-0.1, -0.05) is 13.8 Å². The predicted molar refractivity (Wildman–Crippen MR) is 51.7 cm³/mol. The van der Waals surface area contributed by atoms with Gasteiger partial charge < -0.3 is 4.74 Å². The number of thiol groups is 1. The van der Waals surface area contributed by atoms with Gasteiger partial charge in [0.1, 0.15) is 0 Å². The number of aryl methyl sites for hydroxylation is 1. The van der Waals surface area contributed by atoms with E-state index in [1.165, 1.54) is 4.09 Å². The molecule has 3 nitrogen and oxygen atoms in total. The summed E-state index contributed by atoms with van der Waals surface area (Å²) >= 11 is 4.09. The topological polar surface area (TPSA) is 27.1 Å². The van der Waals surface area contributed by atoms with Gasteiger partial charge in [-0.05, 0) is 25.7 Å². The van der Waals surface area contributed by atoms with Crippen molar-refractivity contribution in [1.29, 1.82) is 0 Å². The highest BCUT2D eigenvalue weighted by molar-refractivity contribution is 7.78. The lowest BCUT2D eigenvalue weighted by molar-refractivity contribution is 0.260. The Morgan fingerprint density at radius 1 is 1.67 bits per heavy atom. The van der Waals surface area contributed by atoms with E-state index in [0.717, 1.165) is 5.69 Å². The SMILES string of the molecule is Cc1cc(OCC(C)C)nn1S. The Labute approximate surface area is 78.3 Å². The third kappa shape index (κ3) is 2.44. The predicted octanol–water partition coefficient (Wildman–Crippen LogP) is 1.92. The van der Waals surface area contributed by atoms with Crippen molar-refractivity contribution in [3.63, 3.8) is 0 Å². The van der Waals surface area contributed by atoms with Gasteiger partial charge in [0, 0.05) is 6.07 Å². The van der Waals surface area contributed by atoms with Crippen LogP contribution in [-0.2, 0) is 0 Å². The Morgan fingerprint density at radius 3 is 2.75 bits per heavy atom. The molecular weight excluding hydrogens is 172 g/mol. The van der Waals surface area contributed by atoms with Crippen LogP contribution in [0.5, 0.6) is 5.88 Å². The minimum absolute atomic E-state index is 0.523. The minimum atomic E-state index is 0.523. The first-order chi connectivity index (χ1) is 5.59. The largest absolute Gasteiger partial charge is 0.476 e. The molecule has 0 saturated carbocycles. The first-order valence-electron chi connectivity index (χ1n) is 3.98. The van der Waals surface area contributed by atoms with Crippen LogP contribution in [0.2, 0.25) is 0 Å². The molecule has 1 rings (SSSR count). The van der Waals surface area contributed by atoms with Gasteiger partial charge in [0.2, 0.25) is 5.88 Å². The van der Waals surface area contributed by atoms with Gasteiger partial charge in [-0.2, -0.15) is 0 Å². The molecule has 0 bridgehead atoms. The highest BCUT2D eigenvalue weighted by atomic mass is 32.1. The summed E-state index contributed by atoms with van der Waals surface area (Å²) in [6.45, 7) is 6.83. The number of rotatable bonds is 3. The molecule has 0 aromatic carbocycles. The summed E-state index contributed by atoms with van der Waals surface area (Å²) in [6, 6.07) is 1.87. The van der Waals surface area contributed by atoms with Gasteiger partial charge >= 0.3 is 0 Å². The second-order valence-electron chi connectivity index (χ2n) is 3.22. The Kier molecular flexibility index (Phi) is 3.03. The third-order valence-corrected chi connectivity index (χ3v) is 1.81. The number of hydrogen-bond acceptors (Lipinski definition) is 3. The summed E-state index contributed by atoms with van der Waals surface area (Å²) < 4.78 is 6.90. The Hall–Kier alpha value is -0.640. The van der Waals surface area contributed by atoms with Crippen molar-refractivity contribution in [2.24, 2.45) is 5.92 Å². The number of nitrogens with zero attached hydrogens (tertiary/aromatic N) is 2. The first kappa shape index (κ1) is 9.45. The van der Waals surface area contributed by atoms with Crippen molar-refractivity contribution in [2.45, 2.75) is 20.8 Å². The van der Waals surface area contributed by atoms with Crippen LogP contribution in [0.3, 0.4) is 0 Å². The van der Waals surface area contributed by atoms with E-state index in [9.17, 15) is 0 Å². The molecule has 12 heavy (non-hydrogen) atoms. The molecule has 0 aliphatic rings. The number of hydrogen-bond donors (Lipinski definition) is 1. The van der Waals surface area contributed by atoms with E-state index < -0.39 is 0 Å². The zero-order valence-corrected chi connectivity index (χ0v) is 8.51. The highest BCUT2D eigenvalue weighted by Gasteiger charge is 2.02. The van der Waals surface area contributed by atoms with Crippen LogP contribution in [0.25, 0.3) is 0 Å². The van der Waals surface area contributed by atoms with Crippen LogP contribution in [0.15, 0.2) is 6.07 Å². The maximum Gasteiger partial charge on any atom is 0.234 e. The molecule has 68 valence electrons. The zero-order valence-electron chi connectivity index (χ0n) is 7.61.